The second-order valence-electron chi connectivity index (χ2n) is 5.98. The zero-order chi connectivity index (χ0) is 13.2. The van der Waals surface area contributed by atoms with Crippen LogP contribution in [0.2, 0.25) is 0 Å². The predicted molar refractivity (Wildman–Crippen MR) is 80.5 cm³/mol. The molecule has 1 saturated carbocycles. The van der Waals surface area contributed by atoms with Crippen LogP contribution in [0.1, 0.15) is 33.1 Å². The molecule has 0 aliphatic heterocycles. The van der Waals surface area contributed by atoms with Gasteiger partial charge in [-0.1, -0.05) is 50.2 Å². The fourth-order valence-electron chi connectivity index (χ4n) is 3.08. The van der Waals surface area contributed by atoms with Crippen molar-refractivity contribution < 1.29 is 4.74 Å². The number of benzene rings is 2. The van der Waals surface area contributed by atoms with E-state index in [2.05, 4.69) is 56.3 Å². The summed E-state index contributed by atoms with van der Waals surface area (Å²) in [6.07, 6.45) is 4.05. The molecule has 1 aliphatic carbocycles. The van der Waals surface area contributed by atoms with Gasteiger partial charge in [0.1, 0.15) is 5.75 Å². The molecule has 1 heteroatoms. The van der Waals surface area contributed by atoms with Gasteiger partial charge in [-0.2, -0.15) is 0 Å². The van der Waals surface area contributed by atoms with E-state index in [-0.39, 0.29) is 0 Å². The Hall–Kier alpha value is -1.50. The van der Waals surface area contributed by atoms with E-state index in [9.17, 15) is 0 Å². The first kappa shape index (κ1) is 12.5. The highest BCUT2D eigenvalue weighted by Crippen LogP contribution is 2.33. The summed E-state index contributed by atoms with van der Waals surface area (Å²) < 4.78 is 6.29. The van der Waals surface area contributed by atoms with Gasteiger partial charge in [0.05, 0.1) is 6.10 Å². The first-order valence-electron chi connectivity index (χ1n) is 7.38. The second kappa shape index (κ2) is 5.24. The summed E-state index contributed by atoms with van der Waals surface area (Å²) in [5.74, 6) is 2.66. The molecule has 3 rings (SSSR count). The molecule has 1 nitrogen and oxygen atoms in total. The Morgan fingerprint density at radius 1 is 0.895 bits per heavy atom. The van der Waals surface area contributed by atoms with Crippen molar-refractivity contribution in [2.45, 2.75) is 39.2 Å². The summed E-state index contributed by atoms with van der Waals surface area (Å²) in [5, 5.41) is 2.49. The summed E-state index contributed by atoms with van der Waals surface area (Å²) in [6.45, 7) is 4.71. The van der Waals surface area contributed by atoms with Crippen molar-refractivity contribution in [3.05, 3.63) is 42.5 Å². The molecule has 0 heterocycles. The van der Waals surface area contributed by atoms with E-state index >= 15 is 0 Å². The third kappa shape index (κ3) is 2.60. The maximum Gasteiger partial charge on any atom is 0.127 e. The summed E-state index contributed by atoms with van der Waals surface area (Å²) in [5.41, 5.74) is 0. The van der Waals surface area contributed by atoms with Gasteiger partial charge in [-0.15, -0.1) is 0 Å². The molecule has 1 fully saturated rings. The van der Waals surface area contributed by atoms with Gasteiger partial charge in [0.15, 0.2) is 0 Å². The molecule has 0 bridgehead atoms. The largest absolute Gasteiger partial charge is 0.490 e. The number of rotatable bonds is 2. The molecule has 0 amide bonds. The van der Waals surface area contributed by atoms with Crippen molar-refractivity contribution in [2.75, 3.05) is 0 Å². The van der Waals surface area contributed by atoms with Crippen LogP contribution in [0.4, 0.5) is 0 Å². The molecule has 2 aromatic carbocycles. The van der Waals surface area contributed by atoms with E-state index in [0.29, 0.717) is 6.10 Å². The van der Waals surface area contributed by atoms with E-state index in [1.54, 1.807) is 0 Å². The van der Waals surface area contributed by atoms with E-state index in [1.807, 2.05) is 0 Å². The number of ether oxygens (including phenoxy) is 1. The average Bonchev–Trinajstić information content (AvgIpc) is 2.43. The minimum absolute atomic E-state index is 0.386. The van der Waals surface area contributed by atoms with Crippen molar-refractivity contribution in [1.29, 1.82) is 0 Å². The maximum absolute atomic E-state index is 6.29. The van der Waals surface area contributed by atoms with Crippen LogP contribution in [0.15, 0.2) is 42.5 Å². The summed E-state index contributed by atoms with van der Waals surface area (Å²) in [6, 6.07) is 14.8. The third-order valence-electron chi connectivity index (χ3n) is 4.59. The fraction of sp³-hybridized carbons (Fsp3) is 0.444. The Labute approximate surface area is 115 Å². The van der Waals surface area contributed by atoms with E-state index in [1.165, 1.54) is 30.0 Å². The van der Waals surface area contributed by atoms with Gasteiger partial charge in [0, 0.05) is 5.39 Å². The first-order valence-corrected chi connectivity index (χ1v) is 7.38. The van der Waals surface area contributed by atoms with Crippen LogP contribution in [-0.4, -0.2) is 6.10 Å². The molecule has 0 N–H and O–H groups in total. The molecule has 0 aromatic heterocycles. The van der Waals surface area contributed by atoms with Crippen LogP contribution in [0.25, 0.3) is 10.8 Å². The van der Waals surface area contributed by atoms with Gasteiger partial charge in [-0.3, -0.25) is 0 Å². The Bertz CT molecular complexity index is 555. The Kier molecular flexibility index (Phi) is 3.46. The van der Waals surface area contributed by atoms with Crippen LogP contribution in [-0.2, 0) is 0 Å². The molecule has 0 saturated heterocycles. The third-order valence-corrected chi connectivity index (χ3v) is 4.59. The monoisotopic (exact) mass is 254 g/mol. The zero-order valence-corrected chi connectivity index (χ0v) is 11.8. The minimum atomic E-state index is 0.386. The van der Waals surface area contributed by atoms with Gasteiger partial charge in [0.2, 0.25) is 0 Å². The van der Waals surface area contributed by atoms with Crippen LogP contribution >= 0.6 is 0 Å². The second-order valence-corrected chi connectivity index (χ2v) is 5.98. The molecular weight excluding hydrogens is 232 g/mol. The zero-order valence-electron chi connectivity index (χ0n) is 11.8. The lowest BCUT2D eigenvalue weighted by Crippen LogP contribution is -2.28. The Balaban J connectivity index is 1.82. The first-order chi connectivity index (χ1) is 9.24. The van der Waals surface area contributed by atoms with Crippen molar-refractivity contribution in [3.8, 4) is 5.75 Å². The van der Waals surface area contributed by atoms with E-state index in [0.717, 1.165) is 17.6 Å². The summed E-state index contributed by atoms with van der Waals surface area (Å²) in [7, 11) is 0. The molecule has 3 unspecified atom stereocenters. The smallest absolute Gasteiger partial charge is 0.127 e. The highest BCUT2D eigenvalue weighted by atomic mass is 16.5. The van der Waals surface area contributed by atoms with Gasteiger partial charge in [0.25, 0.3) is 0 Å². The number of fused-ring (bicyclic) bond motifs is 1. The molecule has 3 atom stereocenters. The van der Waals surface area contributed by atoms with Gasteiger partial charge >= 0.3 is 0 Å². The SMILES string of the molecule is CC1CCC(Oc2cccc3ccccc23)CC1C. The number of hydrogen-bond donors (Lipinski definition) is 0. The minimum Gasteiger partial charge on any atom is -0.490 e. The van der Waals surface area contributed by atoms with Crippen LogP contribution in [0, 0.1) is 11.8 Å². The van der Waals surface area contributed by atoms with Crippen LogP contribution < -0.4 is 4.74 Å². The molecule has 2 aromatic rings. The van der Waals surface area contributed by atoms with Gasteiger partial charge in [-0.05, 0) is 42.6 Å². The Morgan fingerprint density at radius 3 is 2.53 bits per heavy atom. The lowest BCUT2D eigenvalue weighted by Gasteiger charge is -2.32. The lowest BCUT2D eigenvalue weighted by molar-refractivity contribution is 0.102. The lowest BCUT2D eigenvalue weighted by atomic mass is 9.80. The molecular formula is C18H22O. The number of hydrogen-bond acceptors (Lipinski definition) is 1. The Morgan fingerprint density at radius 2 is 1.68 bits per heavy atom. The van der Waals surface area contributed by atoms with Crippen LogP contribution in [0.5, 0.6) is 5.75 Å². The highest BCUT2D eigenvalue weighted by molar-refractivity contribution is 5.88. The van der Waals surface area contributed by atoms with Crippen molar-refractivity contribution >= 4 is 10.8 Å². The van der Waals surface area contributed by atoms with Crippen molar-refractivity contribution in [2.24, 2.45) is 11.8 Å². The van der Waals surface area contributed by atoms with E-state index in [4.69, 9.17) is 4.74 Å². The standard InChI is InChI=1S/C18H22O/c1-13-10-11-16(12-14(13)2)19-18-9-5-7-15-6-3-4-8-17(15)18/h3-9,13-14,16H,10-12H2,1-2H3. The predicted octanol–water partition coefficient (Wildman–Crippen LogP) is 5.04. The molecule has 0 radical (unpaired) electrons. The van der Waals surface area contributed by atoms with Crippen molar-refractivity contribution in [1.82, 2.24) is 0 Å². The molecule has 100 valence electrons. The average molecular weight is 254 g/mol. The topological polar surface area (TPSA) is 9.23 Å². The normalized spacial score (nSPS) is 27.4. The quantitative estimate of drug-likeness (QED) is 0.729. The maximum atomic E-state index is 6.29. The fourth-order valence-corrected chi connectivity index (χ4v) is 3.08. The van der Waals surface area contributed by atoms with Gasteiger partial charge in [-0.25, -0.2) is 0 Å². The molecule has 19 heavy (non-hydrogen) atoms. The van der Waals surface area contributed by atoms with E-state index < -0.39 is 0 Å². The van der Waals surface area contributed by atoms with Crippen molar-refractivity contribution in [3.63, 3.8) is 0 Å². The van der Waals surface area contributed by atoms with Gasteiger partial charge < -0.3 is 4.74 Å². The summed E-state index contributed by atoms with van der Waals surface area (Å²) in [4.78, 5) is 0. The molecule has 1 aliphatic rings. The highest BCUT2D eigenvalue weighted by Gasteiger charge is 2.25. The summed E-state index contributed by atoms with van der Waals surface area (Å²) >= 11 is 0. The molecule has 0 spiro atoms. The van der Waals surface area contributed by atoms with Crippen LogP contribution in [0.3, 0.4) is 0 Å².